The molecule has 1 rings (SSSR count). The van der Waals surface area contributed by atoms with Crippen molar-refractivity contribution in [2.75, 3.05) is 13.6 Å². The van der Waals surface area contributed by atoms with Crippen LogP contribution in [0.3, 0.4) is 0 Å². The highest BCUT2D eigenvalue weighted by Gasteiger charge is 2.09. The molecule has 1 atom stereocenters. The van der Waals surface area contributed by atoms with Gasteiger partial charge in [0.2, 0.25) is 0 Å². The summed E-state index contributed by atoms with van der Waals surface area (Å²) >= 11 is 0. The van der Waals surface area contributed by atoms with Gasteiger partial charge in [0.15, 0.2) is 11.6 Å². The Morgan fingerprint density at radius 3 is 2.69 bits per heavy atom. The molecule has 1 aromatic rings. The van der Waals surface area contributed by atoms with Crippen LogP contribution in [0.5, 0.6) is 0 Å². The van der Waals surface area contributed by atoms with Crippen LogP contribution in [-0.4, -0.2) is 29.7 Å². The molecule has 0 aromatic heterocycles. The number of aliphatic hydroxyl groups is 1. The summed E-state index contributed by atoms with van der Waals surface area (Å²) in [6.07, 6.45) is 0.243. The highest BCUT2D eigenvalue weighted by molar-refractivity contribution is 5.18. The average Bonchev–Trinajstić information content (AvgIpc) is 2.22. The number of aliphatic hydroxyl groups excluding tert-OH is 1. The zero-order chi connectivity index (χ0) is 12.1. The second kappa shape index (κ2) is 5.92. The lowest BCUT2D eigenvalue weighted by atomic mass is 10.2. The van der Waals surface area contributed by atoms with Crippen molar-refractivity contribution < 1.29 is 13.9 Å². The maximum Gasteiger partial charge on any atom is 0.163 e. The van der Waals surface area contributed by atoms with Crippen molar-refractivity contribution in [3.05, 3.63) is 35.4 Å². The molecule has 1 aromatic carbocycles. The second-order valence-corrected chi connectivity index (χ2v) is 4.09. The van der Waals surface area contributed by atoms with Crippen molar-refractivity contribution >= 4 is 0 Å². The number of halogens is 2. The summed E-state index contributed by atoms with van der Waals surface area (Å²) in [6, 6.07) is 4.17. The molecule has 0 fully saturated rings. The Hall–Kier alpha value is -1.00. The van der Waals surface area contributed by atoms with Crippen LogP contribution in [0.15, 0.2) is 18.2 Å². The van der Waals surface area contributed by atoms with Crippen molar-refractivity contribution in [3.8, 4) is 0 Å². The minimum Gasteiger partial charge on any atom is -0.393 e. The molecular formula is C12H17F2NO. The normalized spacial score (nSPS) is 13.1. The summed E-state index contributed by atoms with van der Waals surface area (Å²) in [5.41, 5.74) is 0.341. The fourth-order valence-corrected chi connectivity index (χ4v) is 1.45. The van der Waals surface area contributed by atoms with E-state index in [9.17, 15) is 8.78 Å². The molecule has 1 N–H and O–H groups in total. The molecule has 0 aliphatic rings. The zero-order valence-electron chi connectivity index (χ0n) is 9.58. The Balaban J connectivity index is 2.56. The van der Waals surface area contributed by atoms with Crippen molar-refractivity contribution in [2.45, 2.75) is 26.0 Å². The van der Waals surface area contributed by atoms with Gasteiger partial charge in [0.1, 0.15) is 0 Å². The summed E-state index contributed by atoms with van der Waals surface area (Å²) in [5.74, 6) is -1.60. The zero-order valence-corrected chi connectivity index (χ0v) is 9.58. The summed E-state index contributed by atoms with van der Waals surface area (Å²) < 4.78 is 26.2. The van der Waals surface area contributed by atoms with Gasteiger partial charge in [0.25, 0.3) is 0 Å². The lowest BCUT2D eigenvalue weighted by Gasteiger charge is -2.17. The van der Waals surface area contributed by atoms with E-state index in [1.165, 1.54) is 6.07 Å². The van der Waals surface area contributed by atoms with Crippen LogP contribution in [0.25, 0.3) is 0 Å². The maximum atomic E-state index is 13.3. The van der Waals surface area contributed by atoms with E-state index in [-0.39, 0.29) is 6.10 Å². The van der Waals surface area contributed by atoms with Gasteiger partial charge >= 0.3 is 0 Å². The highest BCUT2D eigenvalue weighted by Crippen LogP contribution is 2.13. The Bertz CT molecular complexity index is 342. The lowest BCUT2D eigenvalue weighted by Crippen LogP contribution is -2.22. The molecule has 4 heteroatoms. The van der Waals surface area contributed by atoms with Gasteiger partial charge in [-0.1, -0.05) is 12.1 Å². The molecule has 0 aliphatic heterocycles. The van der Waals surface area contributed by atoms with Gasteiger partial charge in [-0.3, -0.25) is 0 Å². The fraction of sp³-hybridized carbons (Fsp3) is 0.500. The van der Waals surface area contributed by atoms with Crippen LogP contribution in [0.4, 0.5) is 8.78 Å². The topological polar surface area (TPSA) is 23.5 Å². The third-order valence-electron chi connectivity index (χ3n) is 2.40. The van der Waals surface area contributed by atoms with E-state index in [4.69, 9.17) is 5.11 Å². The van der Waals surface area contributed by atoms with Gasteiger partial charge in [0.05, 0.1) is 6.10 Å². The average molecular weight is 229 g/mol. The Morgan fingerprint density at radius 2 is 2.06 bits per heavy atom. The largest absolute Gasteiger partial charge is 0.393 e. The van der Waals surface area contributed by atoms with E-state index in [1.807, 2.05) is 11.9 Å². The number of benzene rings is 1. The Kier molecular flexibility index (Phi) is 4.83. The SMILES string of the molecule is CC(O)CCN(C)Cc1cccc(F)c1F. The molecule has 90 valence electrons. The fourth-order valence-electron chi connectivity index (χ4n) is 1.45. The van der Waals surface area contributed by atoms with Crippen LogP contribution in [-0.2, 0) is 6.54 Å². The van der Waals surface area contributed by atoms with E-state index in [1.54, 1.807) is 13.0 Å². The molecule has 16 heavy (non-hydrogen) atoms. The van der Waals surface area contributed by atoms with Crippen LogP contribution in [0.2, 0.25) is 0 Å². The summed E-state index contributed by atoms with van der Waals surface area (Å²) in [5, 5.41) is 9.11. The first-order chi connectivity index (χ1) is 7.50. The van der Waals surface area contributed by atoms with E-state index < -0.39 is 11.6 Å². The van der Waals surface area contributed by atoms with Crippen LogP contribution in [0.1, 0.15) is 18.9 Å². The third kappa shape index (κ3) is 3.87. The second-order valence-electron chi connectivity index (χ2n) is 4.09. The Morgan fingerprint density at radius 1 is 1.38 bits per heavy atom. The van der Waals surface area contributed by atoms with Gasteiger partial charge < -0.3 is 10.0 Å². The van der Waals surface area contributed by atoms with Crippen molar-refractivity contribution in [1.29, 1.82) is 0 Å². The van der Waals surface area contributed by atoms with Gasteiger partial charge in [-0.15, -0.1) is 0 Å². The van der Waals surface area contributed by atoms with E-state index in [0.29, 0.717) is 25.1 Å². The van der Waals surface area contributed by atoms with Gasteiger partial charge in [-0.05, 0) is 26.5 Å². The predicted molar refractivity (Wildman–Crippen MR) is 59.0 cm³/mol. The molecule has 0 radical (unpaired) electrons. The van der Waals surface area contributed by atoms with E-state index in [0.717, 1.165) is 6.07 Å². The van der Waals surface area contributed by atoms with Crippen LogP contribution in [0, 0.1) is 11.6 Å². The molecule has 0 amide bonds. The predicted octanol–water partition coefficient (Wildman–Crippen LogP) is 2.17. The monoisotopic (exact) mass is 229 g/mol. The van der Waals surface area contributed by atoms with Gasteiger partial charge in [0, 0.05) is 18.7 Å². The molecular weight excluding hydrogens is 212 g/mol. The standard InChI is InChI=1S/C12H17F2NO/c1-9(16)6-7-15(2)8-10-4-3-5-11(13)12(10)14/h3-5,9,16H,6-8H2,1-2H3. The number of hydrogen-bond acceptors (Lipinski definition) is 2. The minimum atomic E-state index is -0.818. The minimum absolute atomic E-state index is 0.341. The number of hydrogen-bond donors (Lipinski definition) is 1. The molecule has 0 saturated carbocycles. The molecule has 0 heterocycles. The first-order valence-electron chi connectivity index (χ1n) is 5.30. The van der Waals surface area contributed by atoms with E-state index >= 15 is 0 Å². The molecule has 0 spiro atoms. The highest BCUT2D eigenvalue weighted by atomic mass is 19.2. The number of nitrogens with zero attached hydrogens (tertiary/aromatic N) is 1. The number of rotatable bonds is 5. The summed E-state index contributed by atoms with van der Waals surface area (Å²) in [4.78, 5) is 1.85. The smallest absolute Gasteiger partial charge is 0.163 e. The molecule has 0 saturated heterocycles. The van der Waals surface area contributed by atoms with Crippen LogP contribution >= 0.6 is 0 Å². The first-order valence-corrected chi connectivity index (χ1v) is 5.30. The molecule has 1 unspecified atom stereocenters. The summed E-state index contributed by atoms with van der Waals surface area (Å²) in [7, 11) is 1.81. The van der Waals surface area contributed by atoms with E-state index in [2.05, 4.69) is 0 Å². The van der Waals surface area contributed by atoms with Crippen LogP contribution < -0.4 is 0 Å². The Labute approximate surface area is 94.5 Å². The van der Waals surface area contributed by atoms with Crippen molar-refractivity contribution in [2.24, 2.45) is 0 Å². The molecule has 0 aliphatic carbocycles. The molecule has 0 bridgehead atoms. The third-order valence-corrected chi connectivity index (χ3v) is 2.40. The van der Waals surface area contributed by atoms with Gasteiger partial charge in [-0.25, -0.2) is 8.78 Å². The van der Waals surface area contributed by atoms with Gasteiger partial charge in [-0.2, -0.15) is 0 Å². The molecule has 2 nitrogen and oxygen atoms in total. The maximum absolute atomic E-state index is 13.3. The van der Waals surface area contributed by atoms with Crippen molar-refractivity contribution in [3.63, 3.8) is 0 Å². The summed E-state index contributed by atoms with van der Waals surface area (Å²) in [6.45, 7) is 2.69. The quantitative estimate of drug-likeness (QED) is 0.836. The van der Waals surface area contributed by atoms with Crippen molar-refractivity contribution in [1.82, 2.24) is 4.90 Å². The first kappa shape index (κ1) is 13.1. The lowest BCUT2D eigenvalue weighted by molar-refractivity contribution is 0.162.